The first-order chi connectivity index (χ1) is 13.2. The SMILES string of the molecule is COc1ccc(OC)c([C@H]2CCCN2C(=O)COc2cccc(C#N)c2)c1. The summed E-state index contributed by atoms with van der Waals surface area (Å²) in [4.78, 5) is 14.6. The minimum atomic E-state index is -0.0928. The maximum atomic E-state index is 12.8. The zero-order valence-corrected chi connectivity index (χ0v) is 15.5. The Balaban J connectivity index is 1.74. The van der Waals surface area contributed by atoms with Gasteiger partial charge in [-0.1, -0.05) is 6.07 Å². The number of nitriles is 1. The Morgan fingerprint density at radius 3 is 2.78 bits per heavy atom. The van der Waals surface area contributed by atoms with E-state index in [4.69, 9.17) is 19.5 Å². The summed E-state index contributed by atoms with van der Waals surface area (Å²) in [6, 6.07) is 14.4. The summed E-state index contributed by atoms with van der Waals surface area (Å²) in [6.07, 6.45) is 1.78. The molecular formula is C21H22N2O4. The Bertz CT molecular complexity index is 860. The van der Waals surface area contributed by atoms with Gasteiger partial charge in [-0.05, 0) is 49.2 Å². The van der Waals surface area contributed by atoms with E-state index < -0.39 is 0 Å². The Hall–Kier alpha value is -3.20. The van der Waals surface area contributed by atoms with Crippen molar-refractivity contribution in [2.24, 2.45) is 0 Å². The highest BCUT2D eigenvalue weighted by atomic mass is 16.5. The quantitative estimate of drug-likeness (QED) is 0.784. The summed E-state index contributed by atoms with van der Waals surface area (Å²) in [5.41, 5.74) is 1.44. The van der Waals surface area contributed by atoms with Gasteiger partial charge in [0.25, 0.3) is 5.91 Å². The number of amides is 1. The van der Waals surface area contributed by atoms with E-state index in [-0.39, 0.29) is 18.6 Å². The number of carbonyl (C=O) groups is 1. The van der Waals surface area contributed by atoms with Gasteiger partial charge < -0.3 is 19.1 Å². The second kappa shape index (κ2) is 8.45. The van der Waals surface area contributed by atoms with Gasteiger partial charge in [-0.15, -0.1) is 0 Å². The molecule has 0 unspecified atom stereocenters. The second-order valence-corrected chi connectivity index (χ2v) is 6.28. The van der Waals surface area contributed by atoms with E-state index in [9.17, 15) is 4.79 Å². The number of likely N-dealkylation sites (tertiary alicyclic amines) is 1. The molecule has 6 heteroatoms. The summed E-state index contributed by atoms with van der Waals surface area (Å²) in [6.45, 7) is 0.600. The molecule has 0 aliphatic carbocycles. The summed E-state index contributed by atoms with van der Waals surface area (Å²) in [7, 11) is 3.24. The predicted molar refractivity (Wildman–Crippen MR) is 99.9 cm³/mol. The minimum absolute atomic E-state index is 0.0718. The molecule has 1 atom stereocenters. The molecule has 0 bridgehead atoms. The zero-order chi connectivity index (χ0) is 19.2. The van der Waals surface area contributed by atoms with Gasteiger partial charge in [-0.2, -0.15) is 5.26 Å². The molecule has 0 radical (unpaired) electrons. The summed E-state index contributed by atoms with van der Waals surface area (Å²) >= 11 is 0. The van der Waals surface area contributed by atoms with Gasteiger partial charge in [-0.25, -0.2) is 0 Å². The van der Waals surface area contributed by atoms with E-state index in [2.05, 4.69) is 6.07 Å². The normalized spacial score (nSPS) is 15.9. The number of rotatable bonds is 6. The Labute approximate surface area is 158 Å². The van der Waals surface area contributed by atoms with Crippen molar-refractivity contribution in [1.29, 1.82) is 5.26 Å². The van der Waals surface area contributed by atoms with Gasteiger partial charge in [0, 0.05) is 12.1 Å². The standard InChI is InChI=1S/C21H22N2O4/c1-25-16-8-9-20(26-2)18(12-16)19-7-4-10-23(19)21(24)14-27-17-6-3-5-15(11-17)13-22/h3,5-6,8-9,11-12,19H,4,7,10,14H2,1-2H3/t19-/m1/s1. The Morgan fingerprint density at radius 2 is 2.04 bits per heavy atom. The first-order valence-corrected chi connectivity index (χ1v) is 8.80. The molecule has 2 aromatic rings. The number of nitrogens with zero attached hydrogens (tertiary/aromatic N) is 2. The van der Waals surface area contributed by atoms with Gasteiger partial charge in [0.2, 0.25) is 0 Å². The predicted octanol–water partition coefficient (Wildman–Crippen LogP) is 3.32. The van der Waals surface area contributed by atoms with Gasteiger partial charge in [0.05, 0.1) is 31.9 Å². The van der Waals surface area contributed by atoms with E-state index in [1.54, 1.807) is 38.5 Å². The van der Waals surface area contributed by atoms with Crippen molar-refractivity contribution < 1.29 is 19.0 Å². The first kappa shape index (κ1) is 18.6. The lowest BCUT2D eigenvalue weighted by molar-refractivity contribution is -0.134. The third-order valence-corrected chi connectivity index (χ3v) is 4.69. The molecule has 2 aromatic carbocycles. The highest BCUT2D eigenvalue weighted by molar-refractivity contribution is 5.78. The fraction of sp³-hybridized carbons (Fsp3) is 0.333. The van der Waals surface area contributed by atoms with Crippen molar-refractivity contribution in [2.75, 3.05) is 27.4 Å². The molecule has 1 aliphatic heterocycles. The average molecular weight is 366 g/mol. The van der Waals surface area contributed by atoms with Gasteiger partial charge in [0.1, 0.15) is 17.2 Å². The number of methoxy groups -OCH3 is 2. The van der Waals surface area contributed by atoms with Crippen LogP contribution in [0.25, 0.3) is 0 Å². The van der Waals surface area contributed by atoms with Crippen molar-refractivity contribution in [1.82, 2.24) is 4.90 Å². The first-order valence-electron chi connectivity index (χ1n) is 8.80. The van der Waals surface area contributed by atoms with E-state index in [1.807, 2.05) is 23.1 Å². The second-order valence-electron chi connectivity index (χ2n) is 6.28. The summed E-state index contributed by atoms with van der Waals surface area (Å²) in [5.74, 6) is 1.89. The molecule has 27 heavy (non-hydrogen) atoms. The van der Waals surface area contributed by atoms with E-state index in [0.717, 1.165) is 29.9 Å². The van der Waals surface area contributed by atoms with Gasteiger partial charge >= 0.3 is 0 Å². The molecule has 1 amide bonds. The number of benzene rings is 2. The fourth-order valence-electron chi connectivity index (χ4n) is 3.37. The number of hydrogen-bond donors (Lipinski definition) is 0. The third kappa shape index (κ3) is 4.14. The molecule has 1 fully saturated rings. The van der Waals surface area contributed by atoms with Crippen LogP contribution in [0.5, 0.6) is 17.2 Å². The largest absolute Gasteiger partial charge is 0.497 e. The maximum absolute atomic E-state index is 12.8. The summed E-state index contributed by atoms with van der Waals surface area (Å²) in [5, 5.41) is 8.96. The highest BCUT2D eigenvalue weighted by Crippen LogP contribution is 2.38. The van der Waals surface area contributed by atoms with Crippen LogP contribution in [0.2, 0.25) is 0 Å². The van der Waals surface area contributed by atoms with Crippen LogP contribution in [-0.2, 0) is 4.79 Å². The molecule has 6 nitrogen and oxygen atoms in total. The van der Waals surface area contributed by atoms with Crippen LogP contribution < -0.4 is 14.2 Å². The molecule has 0 aromatic heterocycles. The zero-order valence-electron chi connectivity index (χ0n) is 15.5. The number of carbonyl (C=O) groups excluding carboxylic acids is 1. The van der Waals surface area contributed by atoms with Crippen LogP contribution in [0, 0.1) is 11.3 Å². The number of hydrogen-bond acceptors (Lipinski definition) is 5. The molecular weight excluding hydrogens is 344 g/mol. The maximum Gasteiger partial charge on any atom is 0.261 e. The topological polar surface area (TPSA) is 71.8 Å². The van der Waals surface area contributed by atoms with Crippen LogP contribution >= 0.6 is 0 Å². The monoisotopic (exact) mass is 366 g/mol. The highest BCUT2D eigenvalue weighted by Gasteiger charge is 2.32. The van der Waals surface area contributed by atoms with E-state index in [1.165, 1.54) is 0 Å². The van der Waals surface area contributed by atoms with Crippen molar-refractivity contribution >= 4 is 5.91 Å². The van der Waals surface area contributed by atoms with Crippen molar-refractivity contribution in [3.8, 4) is 23.3 Å². The van der Waals surface area contributed by atoms with Gasteiger partial charge in [-0.3, -0.25) is 4.79 Å². The molecule has 0 spiro atoms. The van der Waals surface area contributed by atoms with Crippen LogP contribution in [0.1, 0.15) is 30.0 Å². The molecule has 140 valence electrons. The van der Waals surface area contributed by atoms with Crippen LogP contribution in [0.15, 0.2) is 42.5 Å². The van der Waals surface area contributed by atoms with Crippen LogP contribution in [0.4, 0.5) is 0 Å². The van der Waals surface area contributed by atoms with Crippen molar-refractivity contribution in [2.45, 2.75) is 18.9 Å². The summed E-state index contributed by atoms with van der Waals surface area (Å²) < 4.78 is 16.4. The molecule has 0 N–H and O–H groups in total. The van der Waals surface area contributed by atoms with Crippen LogP contribution in [0.3, 0.4) is 0 Å². The van der Waals surface area contributed by atoms with Crippen molar-refractivity contribution in [3.63, 3.8) is 0 Å². The molecule has 1 aliphatic rings. The lowest BCUT2D eigenvalue weighted by Crippen LogP contribution is -2.34. The molecule has 1 heterocycles. The lowest BCUT2D eigenvalue weighted by Gasteiger charge is -2.26. The minimum Gasteiger partial charge on any atom is -0.497 e. The fourth-order valence-corrected chi connectivity index (χ4v) is 3.37. The Morgan fingerprint density at radius 1 is 1.19 bits per heavy atom. The lowest BCUT2D eigenvalue weighted by atomic mass is 10.0. The molecule has 0 saturated carbocycles. The van der Waals surface area contributed by atoms with Crippen molar-refractivity contribution in [3.05, 3.63) is 53.6 Å². The van der Waals surface area contributed by atoms with E-state index >= 15 is 0 Å². The molecule has 1 saturated heterocycles. The van der Waals surface area contributed by atoms with E-state index in [0.29, 0.717) is 17.9 Å². The smallest absolute Gasteiger partial charge is 0.261 e. The third-order valence-electron chi connectivity index (χ3n) is 4.69. The van der Waals surface area contributed by atoms with Gasteiger partial charge in [0.15, 0.2) is 6.61 Å². The average Bonchev–Trinajstić information content (AvgIpc) is 3.21. The van der Waals surface area contributed by atoms with Crippen LogP contribution in [-0.4, -0.2) is 38.2 Å². The Kier molecular flexibility index (Phi) is 5.82. The number of ether oxygens (including phenoxy) is 3. The molecule has 3 rings (SSSR count).